The first-order valence-electron chi connectivity index (χ1n) is 9.82. The highest BCUT2D eigenvalue weighted by Crippen LogP contribution is 2.47. The molecule has 1 aromatic carbocycles. The fraction of sp³-hybridized carbons (Fsp3) is 0.318. The van der Waals surface area contributed by atoms with Crippen LogP contribution >= 0.6 is 11.8 Å². The standard InChI is InChI=1S/C22H21NO9S/c1-5-8-29-22(28)15-10-33-20-18(19(26)23(15)20)11(2)30-21(27)14-6-7-16(31-12(3)24)17(9-14)32-13(4)25/h5-7,9-11,18,20H,1,8H2,2-4H3/t11?,18-,20-/m0/s1. The molecule has 1 aromatic rings. The zero-order chi connectivity index (χ0) is 24.3. The quantitative estimate of drug-likeness (QED) is 0.239. The van der Waals surface area contributed by atoms with Crippen molar-refractivity contribution in [2.75, 3.05) is 6.61 Å². The molecule has 0 N–H and O–H groups in total. The highest BCUT2D eigenvalue weighted by atomic mass is 32.2. The Morgan fingerprint density at radius 3 is 2.42 bits per heavy atom. The largest absolute Gasteiger partial charge is 0.458 e. The van der Waals surface area contributed by atoms with E-state index < -0.39 is 41.3 Å². The summed E-state index contributed by atoms with van der Waals surface area (Å²) >= 11 is 1.26. The summed E-state index contributed by atoms with van der Waals surface area (Å²) in [6, 6.07) is 3.85. The van der Waals surface area contributed by atoms with Gasteiger partial charge in [-0.3, -0.25) is 19.3 Å². The highest BCUT2D eigenvalue weighted by molar-refractivity contribution is 8.03. The topological polar surface area (TPSA) is 126 Å². The van der Waals surface area contributed by atoms with Gasteiger partial charge in [-0.05, 0) is 25.1 Å². The van der Waals surface area contributed by atoms with Crippen molar-refractivity contribution in [1.82, 2.24) is 4.90 Å². The third kappa shape index (κ3) is 5.08. The molecule has 3 atom stereocenters. The van der Waals surface area contributed by atoms with Gasteiger partial charge in [0.15, 0.2) is 11.5 Å². The first-order valence-corrected chi connectivity index (χ1v) is 10.8. The first kappa shape index (κ1) is 24.1. The molecule has 0 saturated carbocycles. The number of nitrogens with zero attached hydrogens (tertiary/aromatic N) is 1. The Balaban J connectivity index is 1.67. The Hall–Kier alpha value is -3.60. The zero-order valence-corrected chi connectivity index (χ0v) is 18.9. The van der Waals surface area contributed by atoms with E-state index in [1.807, 2.05) is 0 Å². The third-order valence-electron chi connectivity index (χ3n) is 4.69. The van der Waals surface area contributed by atoms with Crippen molar-refractivity contribution in [2.45, 2.75) is 32.2 Å². The maximum atomic E-state index is 12.7. The van der Waals surface area contributed by atoms with E-state index in [2.05, 4.69) is 6.58 Å². The molecule has 1 saturated heterocycles. The average molecular weight is 475 g/mol. The summed E-state index contributed by atoms with van der Waals surface area (Å²) in [6.07, 6.45) is 0.618. The van der Waals surface area contributed by atoms with Gasteiger partial charge in [-0.2, -0.15) is 0 Å². The van der Waals surface area contributed by atoms with Crippen molar-refractivity contribution in [1.29, 1.82) is 0 Å². The van der Waals surface area contributed by atoms with E-state index >= 15 is 0 Å². The third-order valence-corrected chi connectivity index (χ3v) is 5.83. The Morgan fingerprint density at radius 2 is 1.79 bits per heavy atom. The molecule has 0 bridgehead atoms. The van der Waals surface area contributed by atoms with E-state index in [-0.39, 0.29) is 35.3 Å². The number of benzene rings is 1. The number of hydrogen-bond donors (Lipinski definition) is 0. The highest BCUT2D eigenvalue weighted by Gasteiger charge is 2.56. The van der Waals surface area contributed by atoms with Gasteiger partial charge in [-0.15, -0.1) is 11.8 Å². The number of esters is 4. The van der Waals surface area contributed by atoms with E-state index in [4.69, 9.17) is 18.9 Å². The molecule has 2 aliphatic heterocycles. The molecule has 1 fully saturated rings. The second kappa shape index (κ2) is 9.90. The number of β-lactam (4-membered cyclic amide) rings is 1. The van der Waals surface area contributed by atoms with E-state index in [0.29, 0.717) is 0 Å². The van der Waals surface area contributed by atoms with Gasteiger partial charge < -0.3 is 18.9 Å². The molecule has 0 aromatic heterocycles. The van der Waals surface area contributed by atoms with Crippen LogP contribution in [0.25, 0.3) is 0 Å². The van der Waals surface area contributed by atoms with Crippen LogP contribution in [0.4, 0.5) is 0 Å². The number of ether oxygens (including phenoxy) is 4. The van der Waals surface area contributed by atoms with Crippen LogP contribution in [0.2, 0.25) is 0 Å². The monoisotopic (exact) mass is 475 g/mol. The molecular weight excluding hydrogens is 454 g/mol. The SMILES string of the molecule is C=CCOC(=O)C1=CS[C@H]2[C@@H](C(C)OC(=O)c3ccc(OC(C)=O)c(OC(C)=O)c3)C(=O)N12. The summed E-state index contributed by atoms with van der Waals surface area (Å²) in [5.74, 6) is -3.87. The van der Waals surface area contributed by atoms with Crippen molar-refractivity contribution in [3.05, 3.63) is 47.5 Å². The summed E-state index contributed by atoms with van der Waals surface area (Å²) in [7, 11) is 0. The molecule has 1 amide bonds. The number of amides is 1. The summed E-state index contributed by atoms with van der Waals surface area (Å²) in [5.41, 5.74) is 0.169. The van der Waals surface area contributed by atoms with Gasteiger partial charge in [0.1, 0.15) is 29.7 Å². The predicted molar refractivity (Wildman–Crippen MR) is 115 cm³/mol. The van der Waals surface area contributed by atoms with Crippen LogP contribution < -0.4 is 9.47 Å². The molecule has 10 nitrogen and oxygen atoms in total. The van der Waals surface area contributed by atoms with Crippen LogP contribution in [0, 0.1) is 5.92 Å². The van der Waals surface area contributed by atoms with Crippen molar-refractivity contribution in [2.24, 2.45) is 5.92 Å². The second-order valence-electron chi connectivity index (χ2n) is 7.11. The number of hydrogen-bond acceptors (Lipinski definition) is 10. The lowest BCUT2D eigenvalue weighted by Gasteiger charge is -2.44. The fourth-order valence-electron chi connectivity index (χ4n) is 3.29. The first-order chi connectivity index (χ1) is 15.6. The van der Waals surface area contributed by atoms with Gasteiger partial charge in [-0.1, -0.05) is 12.7 Å². The second-order valence-corrected chi connectivity index (χ2v) is 8.10. The zero-order valence-electron chi connectivity index (χ0n) is 18.1. The molecule has 11 heteroatoms. The molecule has 33 heavy (non-hydrogen) atoms. The van der Waals surface area contributed by atoms with Crippen molar-refractivity contribution < 1.29 is 42.9 Å². The molecule has 2 heterocycles. The van der Waals surface area contributed by atoms with Crippen molar-refractivity contribution in [3.63, 3.8) is 0 Å². The van der Waals surface area contributed by atoms with Crippen molar-refractivity contribution >= 4 is 41.5 Å². The molecular formula is C22H21NO9S. The minimum atomic E-state index is -0.805. The molecule has 1 unspecified atom stereocenters. The van der Waals surface area contributed by atoms with E-state index in [0.717, 1.165) is 6.92 Å². The maximum absolute atomic E-state index is 12.7. The van der Waals surface area contributed by atoms with Crippen LogP contribution in [0.5, 0.6) is 11.5 Å². The van der Waals surface area contributed by atoms with Crippen LogP contribution in [0.1, 0.15) is 31.1 Å². The van der Waals surface area contributed by atoms with E-state index in [1.54, 1.807) is 12.3 Å². The lowest BCUT2D eigenvalue weighted by Crippen LogP contribution is -2.61. The molecule has 0 spiro atoms. The molecule has 3 rings (SSSR count). The van der Waals surface area contributed by atoms with Crippen LogP contribution in [0.3, 0.4) is 0 Å². The van der Waals surface area contributed by atoms with Crippen LogP contribution in [0.15, 0.2) is 42.0 Å². The minimum Gasteiger partial charge on any atom is -0.458 e. The molecule has 2 aliphatic rings. The van der Waals surface area contributed by atoms with Crippen LogP contribution in [-0.4, -0.2) is 52.8 Å². The lowest BCUT2D eigenvalue weighted by atomic mass is 9.92. The Bertz CT molecular complexity index is 1060. The van der Waals surface area contributed by atoms with E-state index in [1.165, 1.54) is 47.9 Å². The number of thioether (sulfide) groups is 1. The smallest absolute Gasteiger partial charge is 0.355 e. The molecule has 174 valence electrons. The number of rotatable bonds is 8. The summed E-state index contributed by atoms with van der Waals surface area (Å²) in [6.45, 7) is 7.41. The molecule has 0 radical (unpaired) electrons. The predicted octanol–water partition coefficient (Wildman–Crippen LogP) is 2.18. The Labute approximate surface area is 193 Å². The lowest BCUT2D eigenvalue weighted by molar-refractivity contribution is -0.158. The normalized spacial score (nSPS) is 19.4. The van der Waals surface area contributed by atoms with E-state index in [9.17, 15) is 24.0 Å². The Morgan fingerprint density at radius 1 is 1.12 bits per heavy atom. The fourth-order valence-corrected chi connectivity index (χ4v) is 4.61. The van der Waals surface area contributed by atoms with Gasteiger partial charge in [0.05, 0.1) is 5.56 Å². The van der Waals surface area contributed by atoms with Gasteiger partial charge in [-0.25, -0.2) is 9.59 Å². The van der Waals surface area contributed by atoms with Gasteiger partial charge >= 0.3 is 23.9 Å². The number of carbonyl (C=O) groups is 5. The minimum absolute atomic E-state index is 0.0244. The van der Waals surface area contributed by atoms with Gasteiger partial charge in [0, 0.05) is 19.3 Å². The summed E-state index contributed by atoms with van der Waals surface area (Å²) in [4.78, 5) is 61.3. The van der Waals surface area contributed by atoms with Crippen molar-refractivity contribution in [3.8, 4) is 11.5 Å². The summed E-state index contributed by atoms with van der Waals surface area (Å²) < 4.78 is 20.4. The average Bonchev–Trinajstić information content (AvgIpc) is 3.11. The van der Waals surface area contributed by atoms with Crippen LogP contribution in [-0.2, 0) is 28.7 Å². The Kier molecular flexibility index (Phi) is 7.22. The number of fused-ring (bicyclic) bond motifs is 1. The number of carbonyl (C=O) groups excluding carboxylic acids is 5. The molecule has 0 aliphatic carbocycles. The van der Waals surface area contributed by atoms with Gasteiger partial charge in [0.25, 0.3) is 0 Å². The maximum Gasteiger partial charge on any atom is 0.355 e. The summed E-state index contributed by atoms with van der Waals surface area (Å²) in [5, 5.41) is 1.15. The van der Waals surface area contributed by atoms with Gasteiger partial charge in [0.2, 0.25) is 5.91 Å².